The minimum Gasteiger partial charge on any atom is -0.473 e. The van der Waals surface area contributed by atoms with Crippen molar-refractivity contribution in [3.63, 3.8) is 0 Å². The van der Waals surface area contributed by atoms with E-state index in [0.29, 0.717) is 24.0 Å². The van der Waals surface area contributed by atoms with Crippen LogP contribution >= 0.6 is 11.6 Å². The Morgan fingerprint density at radius 1 is 1.25 bits per heavy atom. The molecule has 3 rings (SSSR count). The molecule has 0 aliphatic carbocycles. The van der Waals surface area contributed by atoms with Crippen molar-refractivity contribution >= 4 is 21.6 Å². The smallest absolute Gasteiger partial charge is 0.218 e. The molecule has 0 radical (unpaired) electrons. The van der Waals surface area contributed by atoms with E-state index in [1.165, 1.54) is 10.6 Å². The SMILES string of the molecule is O=S(=O)(Cc1ccc(Cl)cc1)N1CCC[C@H](Oc2ccncn2)C1. The molecule has 0 spiro atoms. The van der Waals surface area contributed by atoms with Gasteiger partial charge in [0.05, 0.1) is 12.3 Å². The molecule has 0 amide bonds. The fourth-order valence-corrected chi connectivity index (χ4v) is 4.38. The summed E-state index contributed by atoms with van der Waals surface area (Å²) >= 11 is 5.84. The number of rotatable bonds is 5. The summed E-state index contributed by atoms with van der Waals surface area (Å²) in [5, 5.41) is 0.590. The minimum absolute atomic E-state index is 0.0373. The van der Waals surface area contributed by atoms with Gasteiger partial charge in [0, 0.05) is 23.8 Å². The van der Waals surface area contributed by atoms with Gasteiger partial charge in [0.2, 0.25) is 15.9 Å². The molecule has 1 aliphatic heterocycles. The van der Waals surface area contributed by atoms with Crippen molar-refractivity contribution in [2.75, 3.05) is 13.1 Å². The Hall–Kier alpha value is -1.70. The van der Waals surface area contributed by atoms with E-state index in [1.807, 2.05) is 0 Å². The zero-order chi connectivity index (χ0) is 17.0. The Bertz CT molecular complexity index is 769. The van der Waals surface area contributed by atoms with E-state index in [1.54, 1.807) is 36.5 Å². The topological polar surface area (TPSA) is 72.4 Å². The molecule has 1 aromatic carbocycles. The van der Waals surface area contributed by atoms with E-state index in [4.69, 9.17) is 16.3 Å². The molecule has 1 aromatic heterocycles. The lowest BCUT2D eigenvalue weighted by Gasteiger charge is -2.31. The molecule has 24 heavy (non-hydrogen) atoms. The van der Waals surface area contributed by atoms with E-state index in [2.05, 4.69) is 9.97 Å². The predicted molar refractivity (Wildman–Crippen MR) is 91.3 cm³/mol. The lowest BCUT2D eigenvalue weighted by atomic mass is 10.1. The Balaban J connectivity index is 1.65. The summed E-state index contributed by atoms with van der Waals surface area (Å²) in [5.41, 5.74) is 0.721. The van der Waals surface area contributed by atoms with Crippen LogP contribution in [0.2, 0.25) is 5.02 Å². The van der Waals surface area contributed by atoms with E-state index >= 15 is 0 Å². The van der Waals surface area contributed by atoms with E-state index in [0.717, 1.165) is 18.4 Å². The third-order valence-electron chi connectivity index (χ3n) is 3.84. The minimum atomic E-state index is -3.40. The van der Waals surface area contributed by atoms with Gasteiger partial charge in [-0.15, -0.1) is 0 Å². The van der Waals surface area contributed by atoms with Crippen molar-refractivity contribution in [1.82, 2.24) is 14.3 Å². The summed E-state index contributed by atoms with van der Waals surface area (Å²) in [7, 11) is -3.40. The van der Waals surface area contributed by atoms with Crippen LogP contribution in [0.4, 0.5) is 0 Å². The molecule has 1 aliphatic rings. The van der Waals surface area contributed by atoms with Gasteiger partial charge in [-0.1, -0.05) is 23.7 Å². The molecule has 2 aromatic rings. The Morgan fingerprint density at radius 2 is 2.04 bits per heavy atom. The third kappa shape index (κ3) is 4.43. The lowest BCUT2D eigenvalue weighted by Crippen LogP contribution is -2.44. The molecule has 8 heteroatoms. The van der Waals surface area contributed by atoms with Gasteiger partial charge < -0.3 is 4.74 Å². The van der Waals surface area contributed by atoms with Crippen LogP contribution in [0.25, 0.3) is 0 Å². The molecule has 6 nitrogen and oxygen atoms in total. The first kappa shape index (κ1) is 17.1. The highest BCUT2D eigenvalue weighted by Gasteiger charge is 2.30. The summed E-state index contributed by atoms with van der Waals surface area (Å²) < 4.78 is 32.6. The standard InChI is InChI=1S/C16H18ClN3O3S/c17-14-5-3-13(4-6-14)11-24(21,22)20-9-1-2-15(10-20)23-16-7-8-18-12-19-16/h3-8,12,15H,1-2,9-11H2/t15-/m0/s1. The Kier molecular flexibility index (Phi) is 5.33. The first-order valence-electron chi connectivity index (χ1n) is 7.68. The van der Waals surface area contributed by atoms with Gasteiger partial charge in [-0.25, -0.2) is 18.4 Å². The van der Waals surface area contributed by atoms with Crippen molar-refractivity contribution < 1.29 is 13.2 Å². The molecular formula is C16H18ClN3O3S. The van der Waals surface area contributed by atoms with Gasteiger partial charge in [-0.2, -0.15) is 4.31 Å². The van der Waals surface area contributed by atoms with Crippen molar-refractivity contribution in [3.05, 3.63) is 53.4 Å². The Morgan fingerprint density at radius 3 is 2.75 bits per heavy atom. The largest absolute Gasteiger partial charge is 0.473 e. The van der Waals surface area contributed by atoms with Gasteiger partial charge in [0.25, 0.3) is 0 Å². The Labute approximate surface area is 146 Å². The molecule has 0 unspecified atom stereocenters. The fourth-order valence-electron chi connectivity index (χ4n) is 2.66. The molecule has 2 heterocycles. The summed E-state index contributed by atoms with van der Waals surface area (Å²) in [6.07, 6.45) is 4.37. The number of sulfonamides is 1. The van der Waals surface area contributed by atoms with Gasteiger partial charge in [0.1, 0.15) is 12.4 Å². The number of halogens is 1. The maximum absolute atomic E-state index is 12.6. The summed E-state index contributed by atoms with van der Waals surface area (Å²) in [5.74, 6) is 0.427. The van der Waals surface area contributed by atoms with E-state index in [9.17, 15) is 8.42 Å². The second kappa shape index (κ2) is 7.46. The average molecular weight is 368 g/mol. The number of aromatic nitrogens is 2. The zero-order valence-corrected chi connectivity index (χ0v) is 14.6. The van der Waals surface area contributed by atoms with Crippen molar-refractivity contribution in [3.8, 4) is 5.88 Å². The molecule has 128 valence electrons. The average Bonchev–Trinajstić information content (AvgIpc) is 2.58. The van der Waals surface area contributed by atoms with Crippen LogP contribution in [0.1, 0.15) is 18.4 Å². The quantitative estimate of drug-likeness (QED) is 0.811. The predicted octanol–water partition coefficient (Wildman–Crippen LogP) is 2.50. The molecular weight excluding hydrogens is 350 g/mol. The highest BCUT2D eigenvalue weighted by Crippen LogP contribution is 2.21. The van der Waals surface area contributed by atoms with Gasteiger partial charge in [-0.3, -0.25) is 0 Å². The van der Waals surface area contributed by atoms with Crippen LogP contribution in [0.3, 0.4) is 0 Å². The molecule has 1 saturated heterocycles. The van der Waals surface area contributed by atoms with Gasteiger partial charge in [0.15, 0.2) is 0 Å². The zero-order valence-electron chi connectivity index (χ0n) is 13.0. The normalized spacial score (nSPS) is 19.1. The number of nitrogens with zero attached hydrogens (tertiary/aromatic N) is 3. The number of ether oxygens (including phenoxy) is 1. The molecule has 0 N–H and O–H groups in total. The third-order valence-corrected chi connectivity index (χ3v) is 5.91. The molecule has 0 saturated carbocycles. The maximum Gasteiger partial charge on any atom is 0.218 e. The summed E-state index contributed by atoms with van der Waals surface area (Å²) in [6.45, 7) is 0.847. The number of hydrogen-bond donors (Lipinski definition) is 0. The van der Waals surface area contributed by atoms with Crippen molar-refractivity contribution in [2.45, 2.75) is 24.7 Å². The van der Waals surface area contributed by atoms with Crippen LogP contribution in [0.5, 0.6) is 5.88 Å². The molecule has 1 fully saturated rings. The maximum atomic E-state index is 12.6. The highest BCUT2D eigenvalue weighted by atomic mass is 35.5. The summed E-state index contributed by atoms with van der Waals surface area (Å²) in [6, 6.07) is 8.53. The van der Waals surface area contributed by atoms with Gasteiger partial charge >= 0.3 is 0 Å². The highest BCUT2D eigenvalue weighted by molar-refractivity contribution is 7.88. The monoisotopic (exact) mass is 367 g/mol. The second-order valence-corrected chi connectivity index (χ2v) is 8.08. The van der Waals surface area contributed by atoms with Crippen LogP contribution < -0.4 is 4.74 Å². The van der Waals surface area contributed by atoms with Gasteiger partial charge in [-0.05, 0) is 30.5 Å². The first-order chi connectivity index (χ1) is 11.5. The molecule has 1 atom stereocenters. The summed E-state index contributed by atoms with van der Waals surface area (Å²) in [4.78, 5) is 7.86. The van der Waals surface area contributed by atoms with E-state index < -0.39 is 10.0 Å². The fraction of sp³-hybridized carbons (Fsp3) is 0.375. The van der Waals surface area contributed by atoms with Crippen LogP contribution in [0.15, 0.2) is 42.9 Å². The van der Waals surface area contributed by atoms with Crippen LogP contribution in [-0.4, -0.2) is 41.9 Å². The van der Waals surface area contributed by atoms with Crippen molar-refractivity contribution in [1.29, 1.82) is 0 Å². The number of hydrogen-bond acceptors (Lipinski definition) is 5. The van der Waals surface area contributed by atoms with E-state index in [-0.39, 0.29) is 11.9 Å². The van der Waals surface area contributed by atoms with Crippen molar-refractivity contribution in [2.24, 2.45) is 0 Å². The van der Waals surface area contributed by atoms with Crippen LogP contribution in [0, 0.1) is 0 Å². The lowest BCUT2D eigenvalue weighted by molar-refractivity contribution is 0.124. The number of piperidine rings is 1. The molecule has 0 bridgehead atoms. The number of benzene rings is 1. The van der Waals surface area contributed by atoms with Crippen LogP contribution in [-0.2, 0) is 15.8 Å². The first-order valence-corrected chi connectivity index (χ1v) is 9.66. The second-order valence-electron chi connectivity index (χ2n) is 5.67.